The second-order valence-corrected chi connectivity index (χ2v) is 14.3. The molecule has 1 aliphatic rings. The zero-order chi connectivity index (χ0) is 19.6. The molecule has 0 nitrogen and oxygen atoms in total. The Morgan fingerprint density at radius 1 is 0.458 bits per heavy atom. The van der Waals surface area contributed by atoms with Crippen molar-refractivity contribution in [3.05, 3.63) is 0 Å². The van der Waals surface area contributed by atoms with E-state index < -0.39 is 0 Å². The van der Waals surface area contributed by atoms with Crippen LogP contribution in [0.15, 0.2) is 0 Å². The van der Waals surface area contributed by atoms with Crippen molar-refractivity contribution < 1.29 is 0 Å². The van der Waals surface area contributed by atoms with E-state index in [-0.39, 0.29) is 32.0 Å². The summed E-state index contributed by atoms with van der Waals surface area (Å²) >= 11 is 0. The van der Waals surface area contributed by atoms with Crippen molar-refractivity contribution >= 4 is 18.5 Å². The van der Waals surface area contributed by atoms with Crippen LogP contribution in [0.25, 0.3) is 0 Å². The maximum Gasteiger partial charge on any atom is -0.00226 e. The Labute approximate surface area is 158 Å². The molecule has 0 bridgehead atoms. The highest BCUT2D eigenvalue weighted by Gasteiger charge is 2.64. The molecular weight excluding hydrogens is 326 g/mol. The van der Waals surface area contributed by atoms with E-state index in [1.807, 2.05) is 0 Å². The number of hydrogen-bond donors (Lipinski definition) is 0. The molecule has 144 valence electrons. The van der Waals surface area contributed by atoms with Gasteiger partial charge in [0.1, 0.15) is 0 Å². The van der Waals surface area contributed by atoms with Gasteiger partial charge in [0.15, 0.2) is 0 Å². The molecule has 4 atom stereocenters. The molecule has 1 fully saturated rings. The summed E-state index contributed by atoms with van der Waals surface area (Å²) in [5.41, 5.74) is 1.06. The first-order chi connectivity index (χ1) is 10.2. The summed E-state index contributed by atoms with van der Waals surface area (Å²) in [6.45, 7) is 29.3. The van der Waals surface area contributed by atoms with Crippen LogP contribution in [0.2, 0.25) is 0 Å². The maximum atomic E-state index is 3.37. The lowest BCUT2D eigenvalue weighted by molar-refractivity contribution is -0.0664. The summed E-state index contributed by atoms with van der Waals surface area (Å²) in [5.74, 6) is 1.50. The van der Waals surface area contributed by atoms with Crippen molar-refractivity contribution in [2.45, 2.75) is 106 Å². The minimum Gasteiger partial charge on any atom is -0.130 e. The summed E-state index contributed by atoms with van der Waals surface area (Å²) in [4.78, 5) is 0. The van der Waals surface area contributed by atoms with Gasteiger partial charge < -0.3 is 0 Å². The molecule has 4 unspecified atom stereocenters. The fourth-order valence-corrected chi connectivity index (χ4v) is 6.86. The first-order valence-corrected chi connectivity index (χ1v) is 11.0. The van der Waals surface area contributed by atoms with Crippen LogP contribution in [0.3, 0.4) is 0 Å². The van der Waals surface area contributed by atoms with E-state index in [0.717, 1.165) is 11.8 Å². The summed E-state index contributed by atoms with van der Waals surface area (Å²) in [5, 5.41) is 0.475. The van der Waals surface area contributed by atoms with Crippen LogP contribution in [0.4, 0.5) is 0 Å². The molecule has 0 heterocycles. The van der Waals surface area contributed by atoms with E-state index >= 15 is 0 Å². The Hall–Kier alpha value is 0.860. The van der Waals surface area contributed by atoms with Gasteiger partial charge in [-0.25, -0.2) is 0 Å². The monoisotopic (exact) mass is 372 g/mol. The van der Waals surface area contributed by atoms with Crippen LogP contribution in [-0.2, 0) is 0 Å². The van der Waals surface area contributed by atoms with Gasteiger partial charge in [0.25, 0.3) is 0 Å². The molecule has 0 aromatic rings. The van der Waals surface area contributed by atoms with Crippen molar-refractivity contribution in [2.24, 2.45) is 33.5 Å². The molecular formula is C22H46P2. The Morgan fingerprint density at radius 3 is 0.708 bits per heavy atom. The minimum atomic E-state index is 0.237. The lowest BCUT2D eigenvalue weighted by Gasteiger charge is -2.68. The van der Waals surface area contributed by atoms with Gasteiger partial charge in [0.05, 0.1) is 0 Å². The van der Waals surface area contributed by atoms with Gasteiger partial charge in [0, 0.05) is 0 Å². The highest BCUT2D eigenvalue weighted by Crippen LogP contribution is 2.69. The van der Waals surface area contributed by atoms with Crippen molar-refractivity contribution in [1.82, 2.24) is 0 Å². The summed E-state index contributed by atoms with van der Waals surface area (Å²) in [6.07, 6.45) is 2.73. The molecule has 0 aromatic carbocycles. The van der Waals surface area contributed by atoms with Gasteiger partial charge in [-0.2, -0.15) is 0 Å². The normalized spacial score (nSPS) is 24.8. The van der Waals surface area contributed by atoms with Gasteiger partial charge in [-0.05, 0) is 56.6 Å². The molecule has 0 N–H and O–H groups in total. The van der Waals surface area contributed by atoms with Gasteiger partial charge in [-0.1, -0.05) is 83.1 Å². The Kier molecular flexibility index (Phi) is 5.91. The number of hydrogen-bond acceptors (Lipinski definition) is 0. The third kappa shape index (κ3) is 3.26. The zero-order valence-electron chi connectivity index (χ0n) is 18.7. The lowest BCUT2D eigenvalue weighted by atomic mass is 9.45. The average molecular weight is 373 g/mol. The van der Waals surface area contributed by atoms with Crippen molar-refractivity contribution in [2.75, 3.05) is 0 Å². The lowest BCUT2D eigenvalue weighted by Crippen LogP contribution is -2.66. The topological polar surface area (TPSA) is 0 Å². The smallest absolute Gasteiger partial charge is 0.00226 e. The van der Waals surface area contributed by atoms with E-state index in [4.69, 9.17) is 0 Å². The molecule has 1 rings (SSSR count). The van der Waals surface area contributed by atoms with Crippen LogP contribution in [0.5, 0.6) is 0 Å². The SMILES string of the molecule is CC(C)(C)C(P)(C1CCC1C(P)(C(C)(C)C)C(C)(C)C)C(C)(C)C. The quantitative estimate of drug-likeness (QED) is 0.442. The largest absolute Gasteiger partial charge is 0.130 e. The van der Waals surface area contributed by atoms with Crippen molar-refractivity contribution in [1.29, 1.82) is 0 Å². The maximum absolute atomic E-state index is 3.37. The highest BCUT2D eigenvalue weighted by molar-refractivity contribution is 7.19. The summed E-state index contributed by atoms with van der Waals surface area (Å²) in [7, 11) is 6.75. The molecule has 1 aliphatic carbocycles. The molecule has 0 spiro atoms. The Morgan fingerprint density at radius 2 is 0.625 bits per heavy atom. The molecule has 2 heteroatoms. The molecule has 1 saturated carbocycles. The predicted octanol–water partition coefficient (Wildman–Crippen LogP) is 7.42. The first-order valence-electron chi connectivity index (χ1n) is 9.80. The van der Waals surface area contributed by atoms with Gasteiger partial charge >= 0.3 is 0 Å². The van der Waals surface area contributed by atoms with Gasteiger partial charge in [-0.15, -0.1) is 18.5 Å². The highest BCUT2D eigenvalue weighted by atomic mass is 31.0. The van der Waals surface area contributed by atoms with Crippen LogP contribution < -0.4 is 0 Å². The molecule has 24 heavy (non-hydrogen) atoms. The standard InChI is InChI=1S/C22H46P2/c1-17(2,3)21(23,18(4,5)6)15-13-14-16(15)22(24,19(7,8)9)20(10,11)12/h15-16H,13-14,23-24H2,1-12H3. The van der Waals surface area contributed by atoms with Crippen LogP contribution in [0, 0.1) is 33.5 Å². The van der Waals surface area contributed by atoms with Crippen molar-refractivity contribution in [3.8, 4) is 0 Å². The van der Waals surface area contributed by atoms with Gasteiger partial charge in [-0.3, -0.25) is 0 Å². The molecule has 0 aromatic heterocycles. The van der Waals surface area contributed by atoms with Gasteiger partial charge in [0.2, 0.25) is 0 Å². The third-order valence-corrected chi connectivity index (χ3v) is 11.7. The Bertz CT molecular complexity index is 376. The van der Waals surface area contributed by atoms with E-state index in [1.165, 1.54) is 12.8 Å². The second-order valence-electron chi connectivity index (χ2n) is 12.5. The van der Waals surface area contributed by atoms with Crippen LogP contribution in [0.1, 0.15) is 95.9 Å². The Balaban J connectivity index is 3.49. The van der Waals surface area contributed by atoms with Crippen LogP contribution >= 0.6 is 18.5 Å². The van der Waals surface area contributed by atoms with E-state index in [9.17, 15) is 0 Å². The van der Waals surface area contributed by atoms with E-state index in [0.29, 0.717) is 0 Å². The average Bonchev–Trinajstić information content (AvgIpc) is 2.20. The summed E-state index contributed by atoms with van der Waals surface area (Å²) < 4.78 is 0. The molecule has 0 saturated heterocycles. The fourth-order valence-electron chi connectivity index (χ4n) is 6.06. The fraction of sp³-hybridized carbons (Fsp3) is 1.00. The van der Waals surface area contributed by atoms with E-state index in [1.54, 1.807) is 0 Å². The number of rotatable bonds is 2. The first kappa shape index (κ1) is 22.9. The molecule has 0 radical (unpaired) electrons. The second kappa shape index (κ2) is 6.20. The van der Waals surface area contributed by atoms with E-state index in [2.05, 4.69) is 102 Å². The van der Waals surface area contributed by atoms with Crippen molar-refractivity contribution in [3.63, 3.8) is 0 Å². The molecule has 0 amide bonds. The third-order valence-electron chi connectivity index (χ3n) is 7.41. The minimum absolute atomic E-state index is 0.237. The van der Waals surface area contributed by atoms with Crippen LogP contribution in [-0.4, -0.2) is 10.3 Å². The molecule has 0 aliphatic heterocycles. The summed E-state index contributed by atoms with van der Waals surface area (Å²) in [6, 6.07) is 0. The zero-order valence-corrected chi connectivity index (χ0v) is 21.0. The predicted molar refractivity (Wildman–Crippen MR) is 119 cm³/mol.